The first-order chi connectivity index (χ1) is 8.22. The van der Waals surface area contributed by atoms with Gasteiger partial charge in [0, 0.05) is 6.04 Å². The minimum Gasteiger partial charge on any atom is -0.314 e. The van der Waals surface area contributed by atoms with Gasteiger partial charge in [0.2, 0.25) is 0 Å². The van der Waals surface area contributed by atoms with E-state index in [2.05, 4.69) is 26.1 Å². The van der Waals surface area contributed by atoms with Crippen molar-refractivity contribution < 1.29 is 0 Å². The lowest BCUT2D eigenvalue weighted by Gasteiger charge is -2.47. The predicted octanol–water partition coefficient (Wildman–Crippen LogP) is 4.23. The highest BCUT2D eigenvalue weighted by molar-refractivity contribution is 4.91. The van der Waals surface area contributed by atoms with E-state index in [9.17, 15) is 0 Å². The van der Waals surface area contributed by atoms with Crippen molar-refractivity contribution in [3.63, 3.8) is 0 Å². The van der Waals surface area contributed by atoms with Crippen molar-refractivity contribution >= 4 is 0 Å². The van der Waals surface area contributed by atoms with Gasteiger partial charge < -0.3 is 5.32 Å². The highest BCUT2D eigenvalue weighted by Crippen LogP contribution is 2.48. The highest BCUT2D eigenvalue weighted by atomic mass is 14.9. The number of hydrogen-bond donors (Lipinski definition) is 1. The molecular weight excluding hydrogens is 206 g/mol. The van der Waals surface area contributed by atoms with Gasteiger partial charge in [-0.2, -0.15) is 0 Å². The zero-order valence-corrected chi connectivity index (χ0v) is 12.0. The van der Waals surface area contributed by atoms with E-state index in [1.54, 1.807) is 0 Å². The van der Waals surface area contributed by atoms with Crippen LogP contribution in [0.4, 0.5) is 0 Å². The molecule has 2 aliphatic rings. The highest BCUT2D eigenvalue weighted by Gasteiger charge is 2.40. The lowest BCUT2D eigenvalue weighted by Crippen LogP contribution is -2.43. The molecule has 4 unspecified atom stereocenters. The van der Waals surface area contributed by atoms with Gasteiger partial charge in [-0.3, -0.25) is 0 Å². The minimum atomic E-state index is 0.657. The van der Waals surface area contributed by atoms with E-state index in [4.69, 9.17) is 0 Å². The maximum absolute atomic E-state index is 3.65. The fourth-order valence-electron chi connectivity index (χ4n) is 4.11. The number of rotatable bonds is 5. The van der Waals surface area contributed by atoms with Crippen LogP contribution in [0.15, 0.2) is 0 Å². The summed E-state index contributed by atoms with van der Waals surface area (Å²) in [6.07, 6.45) is 10.5. The summed E-state index contributed by atoms with van der Waals surface area (Å²) in [6, 6.07) is 0.657. The molecule has 2 aliphatic carbocycles. The van der Waals surface area contributed by atoms with Crippen LogP contribution in [0.2, 0.25) is 0 Å². The monoisotopic (exact) mass is 237 g/mol. The van der Waals surface area contributed by atoms with Crippen LogP contribution in [-0.2, 0) is 0 Å². The molecule has 17 heavy (non-hydrogen) atoms. The van der Waals surface area contributed by atoms with Crippen molar-refractivity contribution in [3.8, 4) is 0 Å². The summed E-state index contributed by atoms with van der Waals surface area (Å²) in [5.41, 5.74) is 0. The largest absolute Gasteiger partial charge is 0.314 e. The Morgan fingerprint density at radius 1 is 0.941 bits per heavy atom. The molecule has 1 N–H and O–H groups in total. The van der Waals surface area contributed by atoms with Crippen LogP contribution >= 0.6 is 0 Å². The molecule has 0 spiro atoms. The molecule has 2 rings (SSSR count). The molecule has 2 fully saturated rings. The molecule has 1 heteroatoms. The number of nitrogens with one attached hydrogen (secondary N) is 1. The molecular formula is C16H31N. The summed E-state index contributed by atoms with van der Waals surface area (Å²) < 4.78 is 0. The average Bonchev–Trinajstić information content (AvgIpc) is 2.28. The first-order valence-electron chi connectivity index (χ1n) is 7.95. The second-order valence-electron chi connectivity index (χ2n) is 6.68. The van der Waals surface area contributed by atoms with Crippen LogP contribution in [0.3, 0.4) is 0 Å². The van der Waals surface area contributed by atoms with Crippen LogP contribution in [0.5, 0.6) is 0 Å². The Balaban J connectivity index is 1.83. The second kappa shape index (κ2) is 6.22. The van der Waals surface area contributed by atoms with Crippen LogP contribution in [0.25, 0.3) is 0 Å². The summed E-state index contributed by atoms with van der Waals surface area (Å²) in [4.78, 5) is 0. The minimum absolute atomic E-state index is 0.657. The van der Waals surface area contributed by atoms with Gasteiger partial charge >= 0.3 is 0 Å². The third-order valence-corrected chi connectivity index (χ3v) is 5.31. The van der Waals surface area contributed by atoms with Gasteiger partial charge in [0.25, 0.3) is 0 Å². The summed E-state index contributed by atoms with van der Waals surface area (Å²) in [5, 5.41) is 3.65. The van der Waals surface area contributed by atoms with E-state index < -0.39 is 0 Å². The Morgan fingerprint density at radius 2 is 1.65 bits per heavy atom. The first kappa shape index (κ1) is 13.4. The van der Waals surface area contributed by atoms with Gasteiger partial charge in [-0.15, -0.1) is 0 Å². The molecule has 2 saturated carbocycles. The SMILES string of the molecule is CCC1CCCCC1C1CCC1CNC(C)C. The van der Waals surface area contributed by atoms with Crippen molar-refractivity contribution in [2.75, 3.05) is 6.54 Å². The zero-order chi connectivity index (χ0) is 12.3. The third-order valence-electron chi connectivity index (χ3n) is 5.31. The van der Waals surface area contributed by atoms with Crippen molar-refractivity contribution in [3.05, 3.63) is 0 Å². The topological polar surface area (TPSA) is 12.0 Å². The van der Waals surface area contributed by atoms with Gasteiger partial charge in [-0.05, 0) is 49.5 Å². The Morgan fingerprint density at radius 3 is 2.24 bits per heavy atom. The fraction of sp³-hybridized carbons (Fsp3) is 1.00. The van der Waals surface area contributed by atoms with Gasteiger partial charge in [0.05, 0.1) is 0 Å². The quantitative estimate of drug-likeness (QED) is 0.754. The van der Waals surface area contributed by atoms with E-state index >= 15 is 0 Å². The van der Waals surface area contributed by atoms with E-state index in [-0.39, 0.29) is 0 Å². The van der Waals surface area contributed by atoms with E-state index in [0.717, 1.165) is 23.7 Å². The van der Waals surface area contributed by atoms with Gasteiger partial charge in [-0.25, -0.2) is 0 Å². The summed E-state index contributed by atoms with van der Waals surface area (Å²) in [7, 11) is 0. The number of hydrogen-bond acceptors (Lipinski definition) is 1. The van der Waals surface area contributed by atoms with E-state index in [0.29, 0.717) is 6.04 Å². The van der Waals surface area contributed by atoms with E-state index in [1.807, 2.05) is 0 Å². The molecule has 0 radical (unpaired) electrons. The molecule has 4 atom stereocenters. The van der Waals surface area contributed by atoms with Crippen LogP contribution in [0.1, 0.15) is 65.7 Å². The lowest BCUT2D eigenvalue weighted by atomic mass is 9.59. The van der Waals surface area contributed by atoms with Crippen LogP contribution in [0, 0.1) is 23.7 Å². The molecule has 0 bridgehead atoms. The normalized spacial score (nSPS) is 38.1. The fourth-order valence-corrected chi connectivity index (χ4v) is 4.11. The Hall–Kier alpha value is -0.0400. The summed E-state index contributed by atoms with van der Waals surface area (Å²) in [6.45, 7) is 8.21. The maximum Gasteiger partial charge on any atom is 0.00104 e. The van der Waals surface area contributed by atoms with Crippen molar-refractivity contribution in [1.82, 2.24) is 5.32 Å². The molecule has 0 aliphatic heterocycles. The van der Waals surface area contributed by atoms with Crippen LogP contribution < -0.4 is 5.32 Å². The first-order valence-corrected chi connectivity index (χ1v) is 7.95. The molecule has 1 nitrogen and oxygen atoms in total. The summed E-state index contributed by atoms with van der Waals surface area (Å²) >= 11 is 0. The molecule has 0 aromatic carbocycles. The summed E-state index contributed by atoms with van der Waals surface area (Å²) in [5.74, 6) is 4.18. The Bertz CT molecular complexity index is 224. The molecule has 0 amide bonds. The Kier molecular flexibility index (Phi) is 4.90. The molecule has 0 saturated heterocycles. The predicted molar refractivity (Wildman–Crippen MR) is 75.1 cm³/mol. The smallest absolute Gasteiger partial charge is 0.00104 e. The molecule has 0 aromatic heterocycles. The second-order valence-corrected chi connectivity index (χ2v) is 6.68. The average molecular weight is 237 g/mol. The van der Waals surface area contributed by atoms with Crippen molar-refractivity contribution in [2.45, 2.75) is 71.8 Å². The standard InChI is InChI=1S/C16H31N/c1-4-13-7-5-6-8-15(13)16-10-9-14(16)11-17-12(2)3/h12-17H,4-11H2,1-3H3. The van der Waals surface area contributed by atoms with Gasteiger partial charge in [0.1, 0.15) is 0 Å². The van der Waals surface area contributed by atoms with Crippen molar-refractivity contribution in [1.29, 1.82) is 0 Å². The van der Waals surface area contributed by atoms with Crippen molar-refractivity contribution in [2.24, 2.45) is 23.7 Å². The lowest BCUT2D eigenvalue weighted by molar-refractivity contribution is 0.0385. The van der Waals surface area contributed by atoms with E-state index in [1.165, 1.54) is 51.5 Å². The van der Waals surface area contributed by atoms with Gasteiger partial charge in [-0.1, -0.05) is 46.5 Å². The zero-order valence-electron chi connectivity index (χ0n) is 12.0. The molecule has 0 heterocycles. The van der Waals surface area contributed by atoms with Crippen LogP contribution in [-0.4, -0.2) is 12.6 Å². The Labute approximate surface area is 108 Å². The third kappa shape index (κ3) is 3.24. The molecule has 100 valence electrons. The molecule has 0 aromatic rings. The van der Waals surface area contributed by atoms with Gasteiger partial charge in [0.15, 0.2) is 0 Å². The maximum atomic E-state index is 3.65.